The zero-order valence-electron chi connectivity index (χ0n) is 10.4. The van der Waals surface area contributed by atoms with Gasteiger partial charge in [0.1, 0.15) is 5.75 Å². The van der Waals surface area contributed by atoms with Gasteiger partial charge >= 0.3 is 0 Å². The molecule has 0 aliphatic heterocycles. The Kier molecular flexibility index (Phi) is 4.40. The second-order valence-corrected chi connectivity index (χ2v) is 5.01. The number of rotatable bonds is 4. The van der Waals surface area contributed by atoms with Crippen LogP contribution in [0, 0.1) is 0 Å². The Labute approximate surface area is 107 Å². The summed E-state index contributed by atoms with van der Waals surface area (Å²) in [6.45, 7) is 3.83. The highest BCUT2D eigenvalue weighted by atomic mass is 35.5. The number of carbonyl (C=O) groups excluding carboxylic acids is 1. The summed E-state index contributed by atoms with van der Waals surface area (Å²) < 4.78 is 0. The number of hydrogen-bond acceptors (Lipinski definition) is 2. The molecule has 0 radical (unpaired) electrons. The van der Waals surface area contributed by atoms with Gasteiger partial charge in [0.2, 0.25) is 5.91 Å². The Balaban J connectivity index is 2.73. The molecule has 94 valence electrons. The first kappa shape index (κ1) is 13.8. The van der Waals surface area contributed by atoms with Crippen LogP contribution >= 0.6 is 11.6 Å². The Morgan fingerprint density at radius 2 is 2.12 bits per heavy atom. The Bertz CT molecular complexity index is 404. The third-order valence-electron chi connectivity index (χ3n) is 2.88. The van der Waals surface area contributed by atoms with Crippen molar-refractivity contribution in [1.82, 2.24) is 4.90 Å². The maximum Gasteiger partial charge on any atom is 0.227 e. The first-order chi connectivity index (χ1) is 7.86. The van der Waals surface area contributed by atoms with E-state index in [0.717, 1.165) is 5.56 Å². The van der Waals surface area contributed by atoms with Crippen LogP contribution in [0.4, 0.5) is 0 Å². The van der Waals surface area contributed by atoms with E-state index in [1.807, 2.05) is 19.9 Å². The van der Waals surface area contributed by atoms with Crippen LogP contribution in [0.3, 0.4) is 0 Å². The number of hydrogen-bond donors (Lipinski definition) is 1. The van der Waals surface area contributed by atoms with Crippen molar-refractivity contribution in [2.24, 2.45) is 0 Å². The number of halogens is 1. The smallest absolute Gasteiger partial charge is 0.227 e. The van der Waals surface area contributed by atoms with Crippen molar-refractivity contribution in [2.75, 3.05) is 12.9 Å². The third kappa shape index (κ3) is 3.63. The Morgan fingerprint density at radius 1 is 1.47 bits per heavy atom. The first-order valence-corrected chi connectivity index (χ1v) is 6.01. The summed E-state index contributed by atoms with van der Waals surface area (Å²) in [7, 11) is 1.74. The van der Waals surface area contributed by atoms with Crippen molar-refractivity contribution in [3.63, 3.8) is 0 Å². The summed E-state index contributed by atoms with van der Waals surface area (Å²) in [5.74, 6) is 0.547. The largest absolute Gasteiger partial charge is 0.508 e. The Morgan fingerprint density at radius 3 is 2.65 bits per heavy atom. The summed E-state index contributed by atoms with van der Waals surface area (Å²) in [5, 5.41) is 9.32. The molecule has 0 saturated heterocycles. The average Bonchev–Trinajstić information content (AvgIpc) is 2.28. The van der Waals surface area contributed by atoms with E-state index >= 15 is 0 Å². The lowest BCUT2D eigenvalue weighted by Crippen LogP contribution is -2.47. The van der Waals surface area contributed by atoms with Gasteiger partial charge in [-0.2, -0.15) is 0 Å². The van der Waals surface area contributed by atoms with Gasteiger partial charge in [0, 0.05) is 12.9 Å². The molecule has 1 aromatic carbocycles. The molecule has 0 aromatic heterocycles. The van der Waals surface area contributed by atoms with Crippen LogP contribution in [-0.2, 0) is 11.2 Å². The topological polar surface area (TPSA) is 40.5 Å². The fourth-order valence-corrected chi connectivity index (χ4v) is 1.57. The van der Waals surface area contributed by atoms with Crippen molar-refractivity contribution in [3.8, 4) is 5.75 Å². The van der Waals surface area contributed by atoms with Gasteiger partial charge in [0.25, 0.3) is 0 Å². The van der Waals surface area contributed by atoms with Crippen molar-refractivity contribution in [3.05, 3.63) is 29.8 Å². The predicted octanol–water partition coefficient (Wildman–Crippen LogP) is 2.41. The number of aromatic hydroxyl groups is 1. The highest BCUT2D eigenvalue weighted by Crippen LogP contribution is 2.17. The number of phenolic OH excluding ortho intramolecular Hbond substituents is 1. The van der Waals surface area contributed by atoms with Crippen LogP contribution in [0.1, 0.15) is 19.4 Å². The molecule has 1 N–H and O–H groups in total. The van der Waals surface area contributed by atoms with Crippen molar-refractivity contribution < 1.29 is 9.90 Å². The van der Waals surface area contributed by atoms with Crippen LogP contribution < -0.4 is 0 Å². The highest BCUT2D eigenvalue weighted by Gasteiger charge is 2.26. The van der Waals surface area contributed by atoms with E-state index in [4.69, 9.17) is 11.6 Å². The van der Waals surface area contributed by atoms with Crippen molar-refractivity contribution in [1.29, 1.82) is 0 Å². The maximum absolute atomic E-state index is 12.0. The minimum atomic E-state index is -0.366. The molecule has 0 fully saturated rings. The monoisotopic (exact) mass is 255 g/mol. The van der Waals surface area contributed by atoms with Gasteiger partial charge in [-0.1, -0.05) is 12.1 Å². The molecule has 0 spiro atoms. The number of amides is 1. The van der Waals surface area contributed by atoms with E-state index in [0.29, 0.717) is 5.88 Å². The SMILES string of the molecule is CN(C(=O)Cc1cccc(O)c1)C(C)(C)CCl. The number of benzene rings is 1. The van der Waals surface area contributed by atoms with Gasteiger partial charge in [-0.15, -0.1) is 11.6 Å². The predicted molar refractivity (Wildman–Crippen MR) is 69.4 cm³/mol. The summed E-state index contributed by atoms with van der Waals surface area (Å²) in [5.41, 5.74) is 0.433. The zero-order valence-corrected chi connectivity index (χ0v) is 11.2. The molecule has 1 amide bonds. The number of alkyl halides is 1. The minimum Gasteiger partial charge on any atom is -0.508 e. The van der Waals surface area contributed by atoms with Gasteiger partial charge in [-0.05, 0) is 31.5 Å². The zero-order chi connectivity index (χ0) is 13.1. The summed E-state index contributed by atoms with van der Waals surface area (Å²) in [6, 6.07) is 6.73. The van der Waals surface area contributed by atoms with Gasteiger partial charge in [-0.25, -0.2) is 0 Å². The normalized spacial score (nSPS) is 11.3. The molecule has 0 aliphatic carbocycles. The molecule has 1 rings (SSSR count). The lowest BCUT2D eigenvalue weighted by molar-refractivity contribution is -0.133. The van der Waals surface area contributed by atoms with Crippen LogP contribution in [-0.4, -0.2) is 34.4 Å². The molecule has 0 saturated carbocycles. The number of likely N-dealkylation sites (N-methyl/N-ethyl adjacent to an activating group) is 1. The van der Waals surface area contributed by atoms with Crippen LogP contribution in [0.5, 0.6) is 5.75 Å². The summed E-state index contributed by atoms with van der Waals surface area (Å²) in [4.78, 5) is 13.7. The lowest BCUT2D eigenvalue weighted by atomic mass is 10.0. The molecule has 17 heavy (non-hydrogen) atoms. The van der Waals surface area contributed by atoms with Gasteiger partial charge in [0.15, 0.2) is 0 Å². The highest BCUT2D eigenvalue weighted by molar-refractivity contribution is 6.18. The number of phenols is 1. The van der Waals surface area contributed by atoms with Crippen molar-refractivity contribution >= 4 is 17.5 Å². The van der Waals surface area contributed by atoms with Gasteiger partial charge in [-0.3, -0.25) is 4.79 Å². The minimum absolute atomic E-state index is 0.0127. The molecule has 0 unspecified atom stereocenters. The fourth-order valence-electron chi connectivity index (χ4n) is 1.39. The third-order valence-corrected chi connectivity index (χ3v) is 3.53. The molecule has 0 heterocycles. The van der Waals surface area contributed by atoms with E-state index in [9.17, 15) is 9.90 Å². The van der Waals surface area contributed by atoms with E-state index in [1.54, 1.807) is 30.1 Å². The molecule has 1 aromatic rings. The van der Waals surface area contributed by atoms with E-state index in [1.165, 1.54) is 0 Å². The van der Waals surface area contributed by atoms with E-state index in [2.05, 4.69) is 0 Å². The summed E-state index contributed by atoms with van der Waals surface area (Å²) in [6.07, 6.45) is 0.269. The molecule has 0 bridgehead atoms. The molecular weight excluding hydrogens is 238 g/mol. The van der Waals surface area contributed by atoms with Crippen molar-refractivity contribution in [2.45, 2.75) is 25.8 Å². The molecule has 4 heteroatoms. The fraction of sp³-hybridized carbons (Fsp3) is 0.462. The standard InChI is InChI=1S/C13H18ClNO2/c1-13(2,9-14)15(3)12(17)8-10-5-4-6-11(16)7-10/h4-7,16H,8-9H2,1-3H3. The van der Waals surface area contributed by atoms with Crippen LogP contribution in [0.15, 0.2) is 24.3 Å². The van der Waals surface area contributed by atoms with Gasteiger partial charge < -0.3 is 10.0 Å². The molecule has 3 nitrogen and oxygen atoms in total. The summed E-state index contributed by atoms with van der Waals surface area (Å²) >= 11 is 5.83. The van der Waals surface area contributed by atoms with Gasteiger partial charge in [0.05, 0.1) is 12.0 Å². The second kappa shape index (κ2) is 5.41. The van der Waals surface area contributed by atoms with Crippen LogP contribution in [0.25, 0.3) is 0 Å². The molecule has 0 atom stereocenters. The average molecular weight is 256 g/mol. The molecule has 0 aliphatic rings. The number of carbonyl (C=O) groups is 1. The quantitative estimate of drug-likeness (QED) is 0.840. The van der Waals surface area contributed by atoms with E-state index in [-0.39, 0.29) is 23.6 Å². The Hall–Kier alpha value is -1.22. The second-order valence-electron chi connectivity index (χ2n) is 4.75. The number of nitrogens with zero attached hydrogens (tertiary/aromatic N) is 1. The molecular formula is C13H18ClNO2. The lowest BCUT2D eigenvalue weighted by Gasteiger charge is -2.34. The van der Waals surface area contributed by atoms with Crippen LogP contribution in [0.2, 0.25) is 0 Å². The maximum atomic E-state index is 12.0. The van der Waals surface area contributed by atoms with E-state index < -0.39 is 0 Å². The first-order valence-electron chi connectivity index (χ1n) is 5.47.